The summed E-state index contributed by atoms with van der Waals surface area (Å²) in [6.07, 6.45) is 1.67. The Morgan fingerprint density at radius 3 is 2.58 bits per heavy atom. The number of benzene rings is 2. The largest absolute Gasteiger partial charge is 0.478 e. The Morgan fingerprint density at radius 1 is 1.08 bits per heavy atom. The van der Waals surface area contributed by atoms with Crippen LogP contribution in [0.3, 0.4) is 0 Å². The van der Waals surface area contributed by atoms with Crippen LogP contribution in [-0.2, 0) is 0 Å². The summed E-state index contributed by atoms with van der Waals surface area (Å²) in [5, 5.41) is 13.6. The topological polar surface area (TPSA) is 92.0 Å². The first-order chi connectivity index (χ1) is 12.6. The zero-order chi connectivity index (χ0) is 18.1. The Hall–Kier alpha value is -3.67. The van der Waals surface area contributed by atoms with E-state index in [-0.39, 0.29) is 5.56 Å². The number of rotatable bonds is 4. The third kappa shape index (κ3) is 2.67. The second kappa shape index (κ2) is 6.33. The number of aromatic nitrogens is 3. The van der Waals surface area contributed by atoms with Gasteiger partial charge in [0.15, 0.2) is 0 Å². The maximum atomic E-state index is 11.5. The van der Waals surface area contributed by atoms with Crippen LogP contribution in [0.15, 0.2) is 65.3 Å². The number of aryl methyl sites for hydroxylation is 1. The predicted molar refractivity (Wildman–Crippen MR) is 96.7 cm³/mol. The molecule has 26 heavy (non-hydrogen) atoms. The summed E-state index contributed by atoms with van der Waals surface area (Å²) in [7, 11) is 0. The smallest absolute Gasteiger partial charge is 0.336 e. The Balaban J connectivity index is 1.82. The number of imidazole rings is 1. The highest BCUT2D eigenvalue weighted by atomic mass is 16.5. The maximum absolute atomic E-state index is 11.5. The van der Waals surface area contributed by atoms with Crippen molar-refractivity contribution in [3.05, 3.63) is 72.1 Å². The molecule has 128 valence electrons. The Labute approximate surface area is 149 Å². The van der Waals surface area contributed by atoms with Crippen LogP contribution >= 0.6 is 0 Å². The lowest BCUT2D eigenvalue weighted by molar-refractivity contribution is 0.0697. The van der Waals surface area contributed by atoms with Crippen molar-refractivity contribution in [3.63, 3.8) is 0 Å². The van der Waals surface area contributed by atoms with Gasteiger partial charge < -0.3 is 14.6 Å². The van der Waals surface area contributed by atoms with Crippen LogP contribution in [0.2, 0.25) is 0 Å². The van der Waals surface area contributed by atoms with Crippen molar-refractivity contribution < 1.29 is 14.4 Å². The van der Waals surface area contributed by atoms with Crippen molar-refractivity contribution >= 4 is 5.97 Å². The van der Waals surface area contributed by atoms with E-state index in [1.54, 1.807) is 30.5 Å². The first kappa shape index (κ1) is 15.8. The molecule has 0 fully saturated rings. The maximum Gasteiger partial charge on any atom is 0.336 e. The molecule has 0 bridgehead atoms. The van der Waals surface area contributed by atoms with Crippen LogP contribution in [-0.4, -0.2) is 26.2 Å². The van der Waals surface area contributed by atoms with Gasteiger partial charge in [0.1, 0.15) is 17.3 Å². The molecule has 4 aromatic rings. The minimum Gasteiger partial charge on any atom is -0.478 e. The first-order valence-electron chi connectivity index (χ1n) is 8.05. The molecule has 0 amide bonds. The zero-order valence-electron chi connectivity index (χ0n) is 13.9. The van der Waals surface area contributed by atoms with Gasteiger partial charge in [0.25, 0.3) is 0 Å². The molecule has 0 aliphatic rings. The van der Waals surface area contributed by atoms with Gasteiger partial charge in [-0.05, 0) is 13.0 Å². The quantitative estimate of drug-likeness (QED) is 0.572. The SMILES string of the molecule is Cc1onc(-c2ccccc2)c1-c1cnc(-c2ccccc2C(=O)O)[nH]1. The van der Waals surface area contributed by atoms with Crippen LogP contribution in [0.1, 0.15) is 16.1 Å². The molecule has 2 N–H and O–H groups in total. The van der Waals surface area contributed by atoms with E-state index in [9.17, 15) is 9.90 Å². The van der Waals surface area contributed by atoms with Gasteiger partial charge in [-0.3, -0.25) is 0 Å². The fourth-order valence-corrected chi connectivity index (χ4v) is 2.94. The average molecular weight is 345 g/mol. The monoisotopic (exact) mass is 345 g/mol. The van der Waals surface area contributed by atoms with Crippen LogP contribution in [0, 0.1) is 6.92 Å². The number of hydrogen-bond donors (Lipinski definition) is 2. The van der Waals surface area contributed by atoms with Crippen molar-refractivity contribution in [2.75, 3.05) is 0 Å². The molecule has 0 saturated heterocycles. The minimum absolute atomic E-state index is 0.193. The van der Waals surface area contributed by atoms with Gasteiger partial charge in [-0.15, -0.1) is 0 Å². The number of aromatic carboxylic acids is 1. The normalized spacial score (nSPS) is 10.8. The van der Waals surface area contributed by atoms with Gasteiger partial charge in [-0.1, -0.05) is 53.7 Å². The zero-order valence-corrected chi connectivity index (χ0v) is 13.9. The highest BCUT2D eigenvalue weighted by molar-refractivity contribution is 5.95. The van der Waals surface area contributed by atoms with Gasteiger partial charge in [0.05, 0.1) is 23.0 Å². The van der Waals surface area contributed by atoms with Crippen LogP contribution in [0.5, 0.6) is 0 Å². The highest BCUT2D eigenvalue weighted by Crippen LogP contribution is 2.34. The van der Waals surface area contributed by atoms with Gasteiger partial charge in [0.2, 0.25) is 0 Å². The van der Waals surface area contributed by atoms with Crippen LogP contribution < -0.4 is 0 Å². The van der Waals surface area contributed by atoms with Gasteiger partial charge in [-0.2, -0.15) is 0 Å². The molecule has 4 rings (SSSR count). The van der Waals surface area contributed by atoms with Crippen LogP contribution in [0.4, 0.5) is 0 Å². The fraction of sp³-hybridized carbons (Fsp3) is 0.0500. The summed E-state index contributed by atoms with van der Waals surface area (Å²) >= 11 is 0. The summed E-state index contributed by atoms with van der Waals surface area (Å²) in [5.41, 5.74) is 3.90. The summed E-state index contributed by atoms with van der Waals surface area (Å²) in [6, 6.07) is 16.5. The molecule has 2 aromatic carbocycles. The summed E-state index contributed by atoms with van der Waals surface area (Å²) in [5.74, 6) is 0.146. The third-order valence-corrected chi connectivity index (χ3v) is 4.17. The molecular weight excluding hydrogens is 330 g/mol. The number of nitrogens with one attached hydrogen (secondary N) is 1. The summed E-state index contributed by atoms with van der Waals surface area (Å²) in [6.45, 7) is 1.83. The number of H-pyrrole nitrogens is 1. The second-order valence-electron chi connectivity index (χ2n) is 5.82. The van der Waals surface area contributed by atoms with E-state index in [0.717, 1.165) is 16.8 Å². The molecule has 6 heteroatoms. The molecule has 0 aliphatic heterocycles. The number of carbonyl (C=O) groups is 1. The van der Waals surface area contributed by atoms with Crippen molar-refractivity contribution in [2.24, 2.45) is 0 Å². The molecule has 2 heterocycles. The Bertz CT molecular complexity index is 1080. The molecular formula is C20H15N3O3. The number of hydrogen-bond acceptors (Lipinski definition) is 4. The number of carboxylic acids is 1. The number of nitrogens with zero attached hydrogens (tertiary/aromatic N) is 2. The molecule has 0 aliphatic carbocycles. The van der Waals surface area contributed by atoms with Crippen molar-refractivity contribution in [1.29, 1.82) is 0 Å². The Kier molecular flexibility index (Phi) is 3.85. The van der Waals surface area contributed by atoms with Gasteiger partial charge in [-0.25, -0.2) is 9.78 Å². The summed E-state index contributed by atoms with van der Waals surface area (Å²) < 4.78 is 5.39. The average Bonchev–Trinajstić information content (AvgIpc) is 3.29. The van der Waals surface area contributed by atoms with Gasteiger partial charge >= 0.3 is 5.97 Å². The highest BCUT2D eigenvalue weighted by Gasteiger charge is 2.20. The molecule has 0 saturated carbocycles. The molecule has 0 spiro atoms. The molecule has 0 atom stereocenters. The second-order valence-corrected chi connectivity index (χ2v) is 5.82. The number of aromatic amines is 1. The van der Waals surface area contributed by atoms with Crippen LogP contribution in [0.25, 0.3) is 33.9 Å². The van der Waals surface area contributed by atoms with E-state index in [2.05, 4.69) is 15.1 Å². The standard InChI is InChI=1S/C20H15N3O3/c1-12-17(18(23-26-12)13-7-3-2-4-8-13)16-11-21-19(22-16)14-9-5-6-10-15(14)20(24)25/h2-11H,1H3,(H,21,22)(H,24,25). The van der Waals surface area contributed by atoms with E-state index >= 15 is 0 Å². The molecule has 2 aromatic heterocycles. The van der Waals surface area contributed by atoms with E-state index < -0.39 is 5.97 Å². The van der Waals surface area contributed by atoms with E-state index in [0.29, 0.717) is 22.8 Å². The van der Waals surface area contributed by atoms with Crippen molar-refractivity contribution in [2.45, 2.75) is 6.92 Å². The lowest BCUT2D eigenvalue weighted by atomic mass is 10.0. The fourth-order valence-electron chi connectivity index (χ4n) is 2.94. The third-order valence-electron chi connectivity index (χ3n) is 4.17. The van der Waals surface area contributed by atoms with Crippen molar-refractivity contribution in [3.8, 4) is 33.9 Å². The minimum atomic E-state index is -0.996. The first-order valence-corrected chi connectivity index (χ1v) is 8.05. The van der Waals surface area contributed by atoms with E-state index in [4.69, 9.17) is 4.52 Å². The molecule has 0 unspecified atom stereocenters. The lowest BCUT2D eigenvalue weighted by Gasteiger charge is -2.03. The Morgan fingerprint density at radius 2 is 1.81 bits per heavy atom. The van der Waals surface area contributed by atoms with E-state index in [1.807, 2.05) is 37.3 Å². The van der Waals surface area contributed by atoms with Gasteiger partial charge in [0, 0.05) is 11.1 Å². The summed E-state index contributed by atoms with van der Waals surface area (Å²) in [4.78, 5) is 19.0. The molecule has 6 nitrogen and oxygen atoms in total. The molecule has 0 radical (unpaired) electrons. The van der Waals surface area contributed by atoms with Crippen molar-refractivity contribution in [1.82, 2.24) is 15.1 Å². The lowest BCUT2D eigenvalue weighted by Crippen LogP contribution is -1.99. The number of carboxylic acid groups (broad SMARTS) is 1. The predicted octanol–water partition coefficient (Wildman–Crippen LogP) is 4.41. The van der Waals surface area contributed by atoms with E-state index in [1.165, 1.54) is 0 Å².